The molecule has 0 bridgehead atoms. The van der Waals surface area contributed by atoms with Crippen molar-refractivity contribution >= 4 is 23.3 Å². The number of Topliss-reactive ketones (excluding diaryl/α,β-unsaturated/α-hetero) is 3. The summed E-state index contributed by atoms with van der Waals surface area (Å²) in [6.07, 6.45) is 5.43. The van der Waals surface area contributed by atoms with Crippen molar-refractivity contribution in [3.05, 3.63) is 23.3 Å². The van der Waals surface area contributed by atoms with Crippen LogP contribution in [0.3, 0.4) is 0 Å². The number of carboxylic acid groups (broad SMARTS) is 1. The molecule has 34 heavy (non-hydrogen) atoms. The Morgan fingerprint density at radius 2 is 1.82 bits per heavy atom. The summed E-state index contributed by atoms with van der Waals surface area (Å²) < 4.78 is 0. The van der Waals surface area contributed by atoms with Crippen LogP contribution in [0, 0.1) is 46.3 Å². The van der Waals surface area contributed by atoms with Crippen LogP contribution < -0.4 is 0 Å². The summed E-state index contributed by atoms with van der Waals surface area (Å²) in [7, 11) is 0. The highest BCUT2D eigenvalue weighted by Crippen LogP contribution is 2.64. The summed E-state index contributed by atoms with van der Waals surface area (Å²) in [4.78, 5) is 51.1. The highest BCUT2D eigenvalue weighted by Gasteiger charge is 2.61. The van der Waals surface area contributed by atoms with Crippen LogP contribution in [0.25, 0.3) is 0 Å². The first-order valence-electron chi connectivity index (χ1n) is 13.1. The first-order chi connectivity index (χ1) is 15.8. The Kier molecular flexibility index (Phi) is 6.31. The number of fused-ring (bicyclic) bond motifs is 4. The van der Waals surface area contributed by atoms with E-state index in [9.17, 15) is 24.3 Å². The van der Waals surface area contributed by atoms with E-state index in [1.807, 2.05) is 6.92 Å². The molecule has 186 valence electrons. The molecule has 0 amide bonds. The van der Waals surface area contributed by atoms with Crippen molar-refractivity contribution in [2.75, 3.05) is 0 Å². The lowest BCUT2D eigenvalue weighted by Crippen LogP contribution is -2.53. The maximum absolute atomic E-state index is 13.8. The van der Waals surface area contributed by atoms with E-state index >= 15 is 0 Å². The molecule has 3 unspecified atom stereocenters. The zero-order valence-electron chi connectivity index (χ0n) is 21.4. The molecule has 0 aromatic carbocycles. The summed E-state index contributed by atoms with van der Waals surface area (Å²) in [6, 6.07) is 0. The van der Waals surface area contributed by atoms with Crippen molar-refractivity contribution in [2.24, 2.45) is 46.3 Å². The maximum Gasteiger partial charge on any atom is 0.310 e. The monoisotopic (exact) mass is 468 g/mol. The molecule has 4 rings (SSSR count). The molecule has 2 saturated carbocycles. The highest BCUT2D eigenvalue weighted by molar-refractivity contribution is 6.11. The van der Waals surface area contributed by atoms with Gasteiger partial charge in [0.25, 0.3) is 0 Å². The molecule has 5 nitrogen and oxygen atoms in total. The second-order valence-corrected chi connectivity index (χ2v) is 12.3. The van der Waals surface area contributed by atoms with E-state index in [0.29, 0.717) is 43.9 Å². The van der Waals surface area contributed by atoms with E-state index in [4.69, 9.17) is 0 Å². The zero-order valence-corrected chi connectivity index (χ0v) is 21.4. The van der Waals surface area contributed by atoms with Gasteiger partial charge in [0, 0.05) is 41.7 Å². The predicted octanol–water partition coefficient (Wildman–Crippen LogP) is 5.58. The van der Waals surface area contributed by atoms with Gasteiger partial charge in [-0.2, -0.15) is 0 Å². The number of ketones is 3. The number of hydrogen-bond donors (Lipinski definition) is 1. The summed E-state index contributed by atoms with van der Waals surface area (Å²) in [5, 5.41) is 9.27. The van der Waals surface area contributed by atoms with E-state index in [2.05, 4.69) is 27.4 Å². The SMILES string of the molecule is C=C(CC[C@@H](C)C1CCC2C3=C(C(=O)C[C@@]21C)[C@@]1(C)CCC(=O)[C@@H](C)C1CC3=O)[C@@H](C)C(=O)O. The lowest BCUT2D eigenvalue weighted by molar-refractivity contribution is -0.140. The van der Waals surface area contributed by atoms with Gasteiger partial charge in [-0.1, -0.05) is 39.8 Å². The van der Waals surface area contributed by atoms with Crippen LogP contribution in [0.15, 0.2) is 23.3 Å². The molecular formula is C29H40O5. The van der Waals surface area contributed by atoms with E-state index < -0.39 is 11.9 Å². The van der Waals surface area contributed by atoms with Crippen molar-refractivity contribution in [3.63, 3.8) is 0 Å². The van der Waals surface area contributed by atoms with Crippen LogP contribution in [0.5, 0.6) is 0 Å². The van der Waals surface area contributed by atoms with E-state index in [1.165, 1.54) is 0 Å². The summed E-state index contributed by atoms with van der Waals surface area (Å²) in [6.45, 7) is 14.2. The molecule has 0 aliphatic heterocycles. The van der Waals surface area contributed by atoms with Crippen LogP contribution in [-0.4, -0.2) is 28.4 Å². The van der Waals surface area contributed by atoms with E-state index in [1.54, 1.807) is 6.92 Å². The Morgan fingerprint density at radius 1 is 1.15 bits per heavy atom. The Morgan fingerprint density at radius 3 is 2.47 bits per heavy atom. The number of carbonyl (C=O) groups excluding carboxylic acids is 3. The van der Waals surface area contributed by atoms with Gasteiger partial charge < -0.3 is 5.11 Å². The van der Waals surface area contributed by atoms with Gasteiger partial charge in [-0.25, -0.2) is 0 Å². The molecule has 2 fully saturated rings. The number of carbonyl (C=O) groups is 4. The summed E-state index contributed by atoms with van der Waals surface area (Å²) in [5.74, 6) is -0.453. The average Bonchev–Trinajstić information content (AvgIpc) is 3.11. The molecular weight excluding hydrogens is 428 g/mol. The molecule has 0 aromatic rings. The van der Waals surface area contributed by atoms with Crippen LogP contribution >= 0.6 is 0 Å². The van der Waals surface area contributed by atoms with Gasteiger partial charge in [-0.15, -0.1) is 0 Å². The normalized spacial score (nSPS) is 39.3. The highest BCUT2D eigenvalue weighted by atomic mass is 16.4. The molecule has 8 atom stereocenters. The van der Waals surface area contributed by atoms with Gasteiger partial charge >= 0.3 is 5.97 Å². The fourth-order valence-electron chi connectivity index (χ4n) is 8.25. The van der Waals surface area contributed by atoms with Gasteiger partial charge in [-0.05, 0) is 68.1 Å². The minimum absolute atomic E-state index is 0.0633. The summed E-state index contributed by atoms with van der Waals surface area (Å²) >= 11 is 0. The predicted molar refractivity (Wildman–Crippen MR) is 130 cm³/mol. The van der Waals surface area contributed by atoms with E-state index in [0.717, 1.165) is 36.0 Å². The number of aliphatic carboxylic acids is 1. The molecule has 5 heteroatoms. The van der Waals surface area contributed by atoms with Crippen molar-refractivity contribution < 1.29 is 24.3 Å². The molecule has 0 saturated heterocycles. The zero-order chi connectivity index (χ0) is 25.2. The minimum atomic E-state index is -0.843. The van der Waals surface area contributed by atoms with Gasteiger partial charge in [0.05, 0.1) is 5.92 Å². The van der Waals surface area contributed by atoms with Gasteiger partial charge in [0.1, 0.15) is 5.78 Å². The molecule has 0 heterocycles. The van der Waals surface area contributed by atoms with Gasteiger partial charge in [-0.3, -0.25) is 19.2 Å². The van der Waals surface area contributed by atoms with Gasteiger partial charge in [0.15, 0.2) is 11.6 Å². The second-order valence-electron chi connectivity index (χ2n) is 12.3. The number of carboxylic acids is 1. The lowest BCUT2D eigenvalue weighted by atomic mass is 9.48. The standard InChI is InChI=1S/C29H40O5/c1-15(17(3)27(33)34)7-8-16(2)19-9-10-20-25-23(31)13-21-18(4)22(30)11-12-28(21,5)26(25)24(32)14-29(19,20)6/h16-21H,1,7-14H2,2-6H3,(H,33,34)/t16-,17-,18+,19?,20?,21?,28+,29-/m1/s1. The van der Waals surface area contributed by atoms with Crippen molar-refractivity contribution in [1.29, 1.82) is 0 Å². The summed E-state index contributed by atoms with van der Waals surface area (Å²) in [5.41, 5.74) is 1.70. The molecule has 1 N–H and O–H groups in total. The van der Waals surface area contributed by atoms with Crippen molar-refractivity contribution in [3.8, 4) is 0 Å². The molecule has 4 aliphatic carbocycles. The van der Waals surface area contributed by atoms with Crippen molar-refractivity contribution in [2.45, 2.75) is 86.0 Å². The molecule has 0 radical (unpaired) electrons. The fourth-order valence-corrected chi connectivity index (χ4v) is 8.25. The first kappa shape index (κ1) is 25.1. The second kappa shape index (κ2) is 8.57. The van der Waals surface area contributed by atoms with Crippen LogP contribution in [0.4, 0.5) is 0 Å². The number of rotatable bonds is 6. The van der Waals surface area contributed by atoms with Crippen molar-refractivity contribution in [1.82, 2.24) is 0 Å². The Hall–Kier alpha value is -2.04. The minimum Gasteiger partial charge on any atom is -0.481 e. The Bertz CT molecular complexity index is 988. The lowest BCUT2D eigenvalue weighted by Gasteiger charge is -2.53. The fraction of sp³-hybridized carbons (Fsp3) is 0.724. The van der Waals surface area contributed by atoms with Crippen LogP contribution in [-0.2, 0) is 19.2 Å². The topological polar surface area (TPSA) is 88.5 Å². The molecule has 4 aliphatic rings. The molecule has 0 spiro atoms. The third-order valence-corrected chi connectivity index (χ3v) is 10.5. The van der Waals surface area contributed by atoms with Gasteiger partial charge in [0.2, 0.25) is 0 Å². The third-order valence-electron chi connectivity index (χ3n) is 10.5. The van der Waals surface area contributed by atoms with E-state index in [-0.39, 0.29) is 45.9 Å². The van der Waals surface area contributed by atoms with Crippen LogP contribution in [0.2, 0.25) is 0 Å². The first-order valence-corrected chi connectivity index (χ1v) is 13.1. The molecule has 0 aromatic heterocycles. The Labute approximate surface area is 203 Å². The number of hydrogen-bond acceptors (Lipinski definition) is 4. The maximum atomic E-state index is 13.8. The number of allylic oxidation sites excluding steroid dienone is 2. The van der Waals surface area contributed by atoms with Crippen LogP contribution in [0.1, 0.15) is 86.0 Å². The smallest absolute Gasteiger partial charge is 0.310 e. The average molecular weight is 469 g/mol. The third kappa shape index (κ3) is 3.65. The quantitative estimate of drug-likeness (QED) is 0.514. The Balaban J connectivity index is 1.61. The largest absolute Gasteiger partial charge is 0.481 e.